The lowest BCUT2D eigenvalue weighted by Crippen LogP contribution is -2.00. The minimum Gasteiger partial charge on any atom is -0.478 e. The van der Waals surface area contributed by atoms with Crippen molar-refractivity contribution < 1.29 is 9.90 Å². The summed E-state index contributed by atoms with van der Waals surface area (Å²) in [4.78, 5) is 19.8. The number of carboxylic acids is 1. The maximum Gasteiger partial charge on any atom is 0.335 e. The van der Waals surface area contributed by atoms with Gasteiger partial charge in [0.1, 0.15) is 6.33 Å². The van der Waals surface area contributed by atoms with Crippen LogP contribution in [0.1, 0.15) is 15.9 Å². The minimum atomic E-state index is -0.936. The highest BCUT2D eigenvalue weighted by atomic mass is 79.9. The number of hydrogen-bond donors (Lipinski definition) is 1. The highest BCUT2D eigenvalue weighted by Gasteiger charge is 2.12. The molecule has 0 aliphatic rings. The zero-order valence-corrected chi connectivity index (χ0v) is 12.8. The molecule has 2 aromatic carbocycles. The highest BCUT2D eigenvalue weighted by molar-refractivity contribution is 9.10. The van der Waals surface area contributed by atoms with Crippen molar-refractivity contribution in [1.29, 1.82) is 0 Å². The molecule has 0 amide bonds. The summed E-state index contributed by atoms with van der Waals surface area (Å²) in [6.07, 6.45) is 1.49. The van der Waals surface area contributed by atoms with E-state index in [1.165, 1.54) is 6.33 Å². The quantitative estimate of drug-likeness (QED) is 0.762. The SMILES string of the molecule is Cc1ccc(-c2ncnc3ccc(Br)cc23)cc1C(=O)O. The number of aromatic carboxylic acids is 1. The lowest BCUT2D eigenvalue weighted by molar-refractivity contribution is 0.0696. The van der Waals surface area contributed by atoms with Gasteiger partial charge in [0.2, 0.25) is 0 Å². The summed E-state index contributed by atoms with van der Waals surface area (Å²) in [7, 11) is 0. The van der Waals surface area contributed by atoms with E-state index in [0.29, 0.717) is 0 Å². The maximum absolute atomic E-state index is 11.3. The molecule has 0 aliphatic heterocycles. The predicted octanol–water partition coefficient (Wildman–Crippen LogP) is 4.07. The summed E-state index contributed by atoms with van der Waals surface area (Å²) < 4.78 is 0.927. The molecule has 3 rings (SSSR count). The molecule has 0 spiro atoms. The number of carboxylic acid groups (broad SMARTS) is 1. The Bertz CT molecular complexity index is 862. The lowest BCUT2D eigenvalue weighted by atomic mass is 10.0. The molecular formula is C16H11BrN2O2. The van der Waals surface area contributed by atoms with E-state index in [2.05, 4.69) is 25.9 Å². The summed E-state index contributed by atoms with van der Waals surface area (Å²) in [5.41, 5.74) is 3.33. The molecule has 1 N–H and O–H groups in total. The monoisotopic (exact) mass is 342 g/mol. The molecule has 0 aliphatic carbocycles. The van der Waals surface area contributed by atoms with Crippen LogP contribution >= 0.6 is 15.9 Å². The number of fused-ring (bicyclic) bond motifs is 1. The zero-order valence-electron chi connectivity index (χ0n) is 11.2. The summed E-state index contributed by atoms with van der Waals surface area (Å²) in [5, 5.41) is 10.1. The van der Waals surface area contributed by atoms with E-state index >= 15 is 0 Å². The molecule has 0 radical (unpaired) electrons. The Kier molecular flexibility index (Phi) is 3.43. The third-order valence-corrected chi connectivity index (χ3v) is 3.83. The van der Waals surface area contributed by atoms with E-state index in [4.69, 9.17) is 0 Å². The van der Waals surface area contributed by atoms with Crippen LogP contribution in [0.25, 0.3) is 22.2 Å². The number of carbonyl (C=O) groups is 1. The van der Waals surface area contributed by atoms with Crippen LogP contribution in [0.3, 0.4) is 0 Å². The predicted molar refractivity (Wildman–Crippen MR) is 84.4 cm³/mol. The van der Waals surface area contributed by atoms with Gasteiger partial charge in [-0.3, -0.25) is 0 Å². The van der Waals surface area contributed by atoms with Crippen molar-refractivity contribution in [3.05, 3.63) is 58.3 Å². The van der Waals surface area contributed by atoms with Gasteiger partial charge in [-0.25, -0.2) is 14.8 Å². The smallest absolute Gasteiger partial charge is 0.335 e. The van der Waals surface area contributed by atoms with Crippen molar-refractivity contribution in [1.82, 2.24) is 9.97 Å². The minimum absolute atomic E-state index is 0.286. The molecule has 21 heavy (non-hydrogen) atoms. The third kappa shape index (κ3) is 2.52. The Labute approximate surface area is 129 Å². The fourth-order valence-electron chi connectivity index (χ4n) is 2.26. The number of nitrogens with zero attached hydrogens (tertiary/aromatic N) is 2. The Morgan fingerprint density at radius 2 is 1.95 bits per heavy atom. The number of aromatic nitrogens is 2. The van der Waals surface area contributed by atoms with Crippen molar-refractivity contribution >= 4 is 32.8 Å². The highest BCUT2D eigenvalue weighted by Crippen LogP contribution is 2.29. The Hall–Kier alpha value is -2.27. The van der Waals surface area contributed by atoms with Gasteiger partial charge in [-0.05, 0) is 36.8 Å². The van der Waals surface area contributed by atoms with Crippen molar-refractivity contribution in [3.63, 3.8) is 0 Å². The van der Waals surface area contributed by atoms with Gasteiger partial charge in [-0.1, -0.05) is 28.1 Å². The third-order valence-electron chi connectivity index (χ3n) is 3.34. The molecule has 4 nitrogen and oxygen atoms in total. The molecule has 5 heteroatoms. The second kappa shape index (κ2) is 5.26. The average Bonchev–Trinajstić information content (AvgIpc) is 2.47. The molecule has 0 saturated carbocycles. The standard InChI is InChI=1S/C16H11BrN2O2/c1-9-2-3-10(6-12(9)16(20)21)15-13-7-11(17)4-5-14(13)18-8-19-15/h2-8H,1H3,(H,20,21). The van der Waals surface area contributed by atoms with Gasteiger partial charge >= 0.3 is 5.97 Å². The number of halogens is 1. The first-order valence-electron chi connectivity index (χ1n) is 6.31. The lowest BCUT2D eigenvalue weighted by Gasteiger charge is -2.08. The van der Waals surface area contributed by atoms with E-state index in [1.807, 2.05) is 24.3 Å². The molecule has 104 valence electrons. The first-order valence-corrected chi connectivity index (χ1v) is 7.10. The summed E-state index contributed by atoms with van der Waals surface area (Å²) >= 11 is 3.44. The number of rotatable bonds is 2. The summed E-state index contributed by atoms with van der Waals surface area (Å²) in [6.45, 7) is 1.78. The topological polar surface area (TPSA) is 63.1 Å². The first kappa shape index (κ1) is 13.7. The molecule has 1 aromatic heterocycles. The van der Waals surface area contributed by atoms with Crippen LogP contribution < -0.4 is 0 Å². The number of hydrogen-bond acceptors (Lipinski definition) is 3. The Morgan fingerprint density at radius 3 is 2.71 bits per heavy atom. The molecule has 0 saturated heterocycles. The van der Waals surface area contributed by atoms with Crippen LogP contribution in [0, 0.1) is 6.92 Å². The molecule has 0 unspecified atom stereocenters. The van der Waals surface area contributed by atoms with Crippen LogP contribution in [0.4, 0.5) is 0 Å². The van der Waals surface area contributed by atoms with Crippen molar-refractivity contribution in [2.24, 2.45) is 0 Å². The molecule has 3 aromatic rings. The molecule has 1 heterocycles. The van der Waals surface area contributed by atoms with E-state index in [9.17, 15) is 9.90 Å². The molecule has 0 fully saturated rings. The largest absolute Gasteiger partial charge is 0.478 e. The van der Waals surface area contributed by atoms with Gasteiger partial charge in [0.25, 0.3) is 0 Å². The summed E-state index contributed by atoms with van der Waals surface area (Å²) in [5.74, 6) is -0.936. The van der Waals surface area contributed by atoms with Crippen molar-refractivity contribution in [2.45, 2.75) is 6.92 Å². The number of aryl methyl sites for hydroxylation is 1. The van der Waals surface area contributed by atoms with Gasteiger partial charge in [-0.15, -0.1) is 0 Å². The van der Waals surface area contributed by atoms with Gasteiger partial charge in [0, 0.05) is 15.4 Å². The van der Waals surface area contributed by atoms with Crippen LogP contribution in [0.5, 0.6) is 0 Å². The van der Waals surface area contributed by atoms with Crippen molar-refractivity contribution in [2.75, 3.05) is 0 Å². The van der Waals surface area contributed by atoms with E-state index in [0.717, 1.165) is 32.2 Å². The maximum atomic E-state index is 11.3. The van der Waals surface area contributed by atoms with Gasteiger partial charge in [-0.2, -0.15) is 0 Å². The van der Waals surface area contributed by atoms with Crippen molar-refractivity contribution in [3.8, 4) is 11.3 Å². The number of benzene rings is 2. The molecule has 0 bridgehead atoms. The van der Waals surface area contributed by atoms with E-state index in [-0.39, 0.29) is 5.56 Å². The first-order chi connectivity index (χ1) is 10.1. The fourth-order valence-corrected chi connectivity index (χ4v) is 2.62. The zero-order chi connectivity index (χ0) is 15.0. The van der Waals surface area contributed by atoms with E-state index in [1.54, 1.807) is 19.1 Å². The van der Waals surface area contributed by atoms with Crippen LogP contribution in [-0.4, -0.2) is 21.0 Å². The average molecular weight is 343 g/mol. The van der Waals surface area contributed by atoms with Gasteiger partial charge in [0.15, 0.2) is 0 Å². The second-order valence-corrected chi connectivity index (χ2v) is 5.63. The Morgan fingerprint density at radius 1 is 1.14 bits per heavy atom. The Balaban J connectivity index is 2.28. The summed E-state index contributed by atoms with van der Waals surface area (Å²) in [6, 6.07) is 11.1. The molecule has 0 atom stereocenters. The van der Waals surface area contributed by atoms with Crippen LogP contribution in [0.15, 0.2) is 47.2 Å². The van der Waals surface area contributed by atoms with E-state index < -0.39 is 5.97 Å². The van der Waals surface area contributed by atoms with Gasteiger partial charge < -0.3 is 5.11 Å². The van der Waals surface area contributed by atoms with Gasteiger partial charge in [0.05, 0.1) is 16.8 Å². The van der Waals surface area contributed by atoms with Crippen LogP contribution in [-0.2, 0) is 0 Å². The molecular weight excluding hydrogens is 332 g/mol. The second-order valence-electron chi connectivity index (χ2n) is 4.72. The normalized spacial score (nSPS) is 10.8. The van der Waals surface area contributed by atoms with Crippen LogP contribution in [0.2, 0.25) is 0 Å². The fraction of sp³-hybridized carbons (Fsp3) is 0.0625.